The van der Waals surface area contributed by atoms with Crippen LogP contribution in [0.1, 0.15) is 98.3 Å². The van der Waals surface area contributed by atoms with Gasteiger partial charge in [0.15, 0.2) is 0 Å². The molecular weight excluding hydrogens is 340 g/mol. The van der Waals surface area contributed by atoms with Crippen molar-refractivity contribution >= 4 is 0 Å². The number of unbranched alkanes of at least 4 members (excludes halogenated alkanes) is 1. The smallest absolute Gasteiger partial charge is 0.0220 e. The average Bonchev–Trinajstić information content (AvgIpc) is 2.65. The Morgan fingerprint density at radius 1 is 1.18 bits per heavy atom. The Balaban J connectivity index is 2.56. The maximum absolute atomic E-state index is 7.03. The molecule has 0 bridgehead atoms. The molecular formula is C26H48N2. The highest BCUT2D eigenvalue weighted by Gasteiger charge is 2.42. The Kier molecular flexibility index (Phi) is 11.8. The van der Waals surface area contributed by atoms with Crippen LogP contribution in [-0.2, 0) is 0 Å². The van der Waals surface area contributed by atoms with Crippen molar-refractivity contribution in [2.45, 2.75) is 104 Å². The fourth-order valence-electron chi connectivity index (χ4n) is 5.18. The fourth-order valence-corrected chi connectivity index (χ4v) is 5.18. The molecule has 1 aliphatic carbocycles. The van der Waals surface area contributed by atoms with Gasteiger partial charge in [0, 0.05) is 12.1 Å². The quantitative estimate of drug-likeness (QED) is 0.245. The van der Waals surface area contributed by atoms with Gasteiger partial charge in [-0.15, -0.1) is 0 Å². The predicted molar refractivity (Wildman–Crippen MR) is 126 cm³/mol. The van der Waals surface area contributed by atoms with Crippen molar-refractivity contribution in [1.82, 2.24) is 5.32 Å². The minimum absolute atomic E-state index is 0.0582. The molecule has 162 valence electrons. The Bertz CT molecular complexity index is 493. The van der Waals surface area contributed by atoms with Crippen LogP contribution in [0.2, 0.25) is 0 Å². The molecule has 0 aromatic carbocycles. The van der Waals surface area contributed by atoms with E-state index in [1.54, 1.807) is 11.8 Å². The van der Waals surface area contributed by atoms with E-state index in [2.05, 4.69) is 52.2 Å². The van der Waals surface area contributed by atoms with Gasteiger partial charge in [-0.1, -0.05) is 70.4 Å². The van der Waals surface area contributed by atoms with E-state index in [0.29, 0.717) is 5.92 Å². The highest BCUT2D eigenvalue weighted by Crippen LogP contribution is 2.45. The number of hydrogen-bond acceptors (Lipinski definition) is 2. The van der Waals surface area contributed by atoms with Crippen molar-refractivity contribution in [1.29, 1.82) is 0 Å². The van der Waals surface area contributed by atoms with Crippen LogP contribution in [0.5, 0.6) is 0 Å². The van der Waals surface area contributed by atoms with E-state index in [1.165, 1.54) is 50.5 Å². The summed E-state index contributed by atoms with van der Waals surface area (Å²) in [5.41, 5.74) is 9.86. The van der Waals surface area contributed by atoms with Gasteiger partial charge in [0.1, 0.15) is 0 Å². The van der Waals surface area contributed by atoms with E-state index in [0.717, 1.165) is 44.1 Å². The zero-order chi connectivity index (χ0) is 21.0. The van der Waals surface area contributed by atoms with Crippen molar-refractivity contribution in [2.24, 2.45) is 23.5 Å². The van der Waals surface area contributed by atoms with Gasteiger partial charge in [0.05, 0.1) is 0 Å². The van der Waals surface area contributed by atoms with Crippen LogP contribution in [0, 0.1) is 17.8 Å². The lowest BCUT2D eigenvalue weighted by Crippen LogP contribution is -2.52. The van der Waals surface area contributed by atoms with E-state index in [-0.39, 0.29) is 5.54 Å². The third-order valence-electron chi connectivity index (χ3n) is 6.99. The lowest BCUT2D eigenvalue weighted by molar-refractivity contribution is 0.0837. The second-order valence-electron chi connectivity index (χ2n) is 9.40. The summed E-state index contributed by atoms with van der Waals surface area (Å²) in [6, 6.07) is 0. The zero-order valence-electron chi connectivity index (χ0n) is 19.4. The van der Waals surface area contributed by atoms with Crippen molar-refractivity contribution in [3.05, 3.63) is 36.6 Å². The SMILES string of the molecule is C=CNCCCC(=C)CC1(N)CC(CCCC/C(C)=C/CC)C(CC)CC1C. The fraction of sp³-hybridized carbons (Fsp3) is 0.769. The van der Waals surface area contributed by atoms with Gasteiger partial charge in [0.2, 0.25) is 0 Å². The third-order valence-corrected chi connectivity index (χ3v) is 6.99. The van der Waals surface area contributed by atoms with Gasteiger partial charge in [-0.05, 0) is 82.2 Å². The van der Waals surface area contributed by atoms with Crippen LogP contribution < -0.4 is 11.1 Å². The molecule has 0 spiro atoms. The molecule has 2 heteroatoms. The number of allylic oxidation sites excluding steroid dienone is 2. The van der Waals surface area contributed by atoms with Crippen molar-refractivity contribution in [3.63, 3.8) is 0 Å². The summed E-state index contributed by atoms with van der Waals surface area (Å²) in [6.07, 6.45) is 17.5. The first kappa shape index (κ1) is 25.0. The molecule has 1 fully saturated rings. The molecule has 0 aromatic rings. The summed E-state index contributed by atoms with van der Waals surface area (Å²) in [6.45, 7) is 18.3. The normalized spacial score (nSPS) is 28.2. The molecule has 4 unspecified atom stereocenters. The first-order valence-corrected chi connectivity index (χ1v) is 11.8. The first-order chi connectivity index (χ1) is 13.4. The van der Waals surface area contributed by atoms with Crippen LogP contribution in [0.3, 0.4) is 0 Å². The van der Waals surface area contributed by atoms with Crippen LogP contribution in [0.25, 0.3) is 0 Å². The van der Waals surface area contributed by atoms with Gasteiger partial charge >= 0.3 is 0 Å². The van der Waals surface area contributed by atoms with Gasteiger partial charge < -0.3 is 11.1 Å². The van der Waals surface area contributed by atoms with Gasteiger partial charge in [-0.3, -0.25) is 0 Å². The second kappa shape index (κ2) is 13.2. The number of nitrogens with one attached hydrogen (secondary N) is 1. The monoisotopic (exact) mass is 388 g/mol. The molecule has 0 heterocycles. The molecule has 1 aliphatic rings. The highest BCUT2D eigenvalue weighted by molar-refractivity contribution is 5.08. The lowest BCUT2D eigenvalue weighted by atomic mass is 9.61. The summed E-state index contributed by atoms with van der Waals surface area (Å²) in [7, 11) is 0. The molecule has 0 aromatic heterocycles. The lowest BCUT2D eigenvalue weighted by Gasteiger charge is -2.48. The van der Waals surface area contributed by atoms with Crippen LogP contribution in [-0.4, -0.2) is 12.1 Å². The first-order valence-electron chi connectivity index (χ1n) is 11.8. The maximum atomic E-state index is 7.03. The molecule has 4 atom stereocenters. The topological polar surface area (TPSA) is 38.0 Å². The maximum Gasteiger partial charge on any atom is 0.0220 e. The van der Waals surface area contributed by atoms with Gasteiger partial charge in [-0.2, -0.15) is 0 Å². The summed E-state index contributed by atoms with van der Waals surface area (Å²) >= 11 is 0. The van der Waals surface area contributed by atoms with E-state index < -0.39 is 0 Å². The van der Waals surface area contributed by atoms with E-state index in [4.69, 9.17) is 5.73 Å². The molecule has 0 amide bonds. The molecule has 0 aliphatic heterocycles. The Labute approximate surface area is 176 Å². The van der Waals surface area contributed by atoms with Crippen LogP contribution in [0.4, 0.5) is 0 Å². The van der Waals surface area contributed by atoms with Gasteiger partial charge in [0.25, 0.3) is 0 Å². The largest absolute Gasteiger partial charge is 0.391 e. The summed E-state index contributed by atoms with van der Waals surface area (Å²) in [5.74, 6) is 2.23. The van der Waals surface area contributed by atoms with E-state index in [9.17, 15) is 0 Å². The summed E-state index contributed by atoms with van der Waals surface area (Å²) < 4.78 is 0. The Morgan fingerprint density at radius 3 is 2.57 bits per heavy atom. The average molecular weight is 389 g/mol. The standard InChI is InChI=1S/C26H48N2/c1-7-13-21(4)14-10-11-16-25-20-26(27,23(6)18-24(25)8-2)19-22(5)15-12-17-28-9-3/h9,13,23-25,28H,3,5,7-8,10-12,14-20,27H2,1-2,4,6H3/b21-13+. The molecule has 0 radical (unpaired) electrons. The zero-order valence-corrected chi connectivity index (χ0v) is 19.4. The predicted octanol–water partition coefficient (Wildman–Crippen LogP) is 7.13. The van der Waals surface area contributed by atoms with Crippen LogP contribution >= 0.6 is 0 Å². The Morgan fingerprint density at radius 2 is 1.93 bits per heavy atom. The summed E-state index contributed by atoms with van der Waals surface area (Å²) in [5, 5.41) is 3.18. The molecule has 3 N–H and O–H groups in total. The molecule has 2 nitrogen and oxygen atoms in total. The van der Waals surface area contributed by atoms with E-state index in [1.807, 2.05) is 0 Å². The van der Waals surface area contributed by atoms with Crippen molar-refractivity contribution in [2.75, 3.05) is 6.54 Å². The third kappa shape index (κ3) is 8.55. The van der Waals surface area contributed by atoms with E-state index >= 15 is 0 Å². The van der Waals surface area contributed by atoms with Gasteiger partial charge in [-0.25, -0.2) is 0 Å². The minimum Gasteiger partial charge on any atom is -0.391 e. The second-order valence-corrected chi connectivity index (χ2v) is 9.40. The molecule has 0 saturated heterocycles. The molecule has 28 heavy (non-hydrogen) atoms. The van der Waals surface area contributed by atoms with Crippen LogP contribution in [0.15, 0.2) is 36.6 Å². The molecule has 1 saturated carbocycles. The minimum atomic E-state index is -0.0582. The Hall–Kier alpha value is -1.02. The van der Waals surface area contributed by atoms with Crippen molar-refractivity contribution < 1.29 is 0 Å². The molecule has 1 rings (SSSR count). The number of nitrogens with two attached hydrogens (primary N) is 1. The number of rotatable bonds is 14. The number of hydrogen-bond donors (Lipinski definition) is 2. The summed E-state index contributed by atoms with van der Waals surface area (Å²) in [4.78, 5) is 0. The van der Waals surface area contributed by atoms with Crippen molar-refractivity contribution in [3.8, 4) is 0 Å². The highest BCUT2D eigenvalue weighted by atomic mass is 14.8.